The van der Waals surface area contributed by atoms with Gasteiger partial charge in [0.1, 0.15) is 12.1 Å². The molecule has 0 unspecified atom stereocenters. The lowest BCUT2D eigenvalue weighted by Gasteiger charge is -2.20. The Labute approximate surface area is 154 Å². The van der Waals surface area contributed by atoms with Gasteiger partial charge in [0.15, 0.2) is 5.75 Å². The molecule has 7 heteroatoms. The predicted octanol–water partition coefficient (Wildman–Crippen LogP) is 4.97. The van der Waals surface area contributed by atoms with Gasteiger partial charge in [0.25, 0.3) is 0 Å². The summed E-state index contributed by atoms with van der Waals surface area (Å²) in [5.41, 5.74) is -0.657. The number of carbonyl (C=O) groups is 1. The number of alkyl halides is 3. The number of hydrogen-bond donors (Lipinski definition) is 0. The molecule has 0 fully saturated rings. The summed E-state index contributed by atoms with van der Waals surface area (Å²) in [6, 6.07) is 10.3. The summed E-state index contributed by atoms with van der Waals surface area (Å²) in [7, 11) is 0. The summed E-state index contributed by atoms with van der Waals surface area (Å²) < 4.78 is 43.0. The van der Waals surface area contributed by atoms with E-state index >= 15 is 0 Å². The van der Waals surface area contributed by atoms with E-state index in [9.17, 15) is 28.5 Å². The number of rotatable bonds is 2. The Morgan fingerprint density at radius 2 is 1.41 bits per heavy atom. The molecule has 0 aliphatic rings. The van der Waals surface area contributed by atoms with Crippen LogP contribution in [0.2, 0.25) is 0 Å². The van der Waals surface area contributed by atoms with E-state index in [1.54, 1.807) is 0 Å². The van der Waals surface area contributed by atoms with Gasteiger partial charge >= 0.3 is 12.1 Å². The Hall–Kier alpha value is -3.32. The molecule has 0 aliphatic carbocycles. The Morgan fingerprint density at radius 3 is 1.78 bits per heavy atom. The molecule has 138 valence electrons. The molecule has 2 rings (SSSR count). The number of halogens is 3. The third kappa shape index (κ3) is 4.45. The van der Waals surface area contributed by atoms with Crippen molar-refractivity contribution >= 4 is 5.97 Å². The minimum Gasteiger partial charge on any atom is -0.420 e. The molecule has 0 saturated heterocycles. The summed E-state index contributed by atoms with van der Waals surface area (Å²) >= 11 is 0. The van der Waals surface area contributed by atoms with Crippen LogP contribution < -0.4 is 4.74 Å². The number of benzene rings is 2. The average molecular weight is 372 g/mol. The molecule has 0 aromatic heterocycles. The molecule has 0 heterocycles. The SMILES string of the molecule is CC(C)(C)c1cc(C#N)c(OC(=O)c2ccc(C(F)(F)F)cc2)c(C#N)c1. The minimum atomic E-state index is -4.52. The molecule has 0 amide bonds. The van der Waals surface area contributed by atoms with Gasteiger partial charge in [-0.05, 0) is 47.4 Å². The fourth-order valence-corrected chi connectivity index (χ4v) is 2.28. The van der Waals surface area contributed by atoms with Crippen molar-refractivity contribution in [1.82, 2.24) is 0 Å². The van der Waals surface area contributed by atoms with Gasteiger partial charge in [-0.1, -0.05) is 20.8 Å². The van der Waals surface area contributed by atoms with Gasteiger partial charge < -0.3 is 4.74 Å². The highest BCUT2D eigenvalue weighted by atomic mass is 19.4. The molecule has 27 heavy (non-hydrogen) atoms. The quantitative estimate of drug-likeness (QED) is 0.551. The van der Waals surface area contributed by atoms with E-state index in [1.807, 2.05) is 32.9 Å². The lowest BCUT2D eigenvalue weighted by Crippen LogP contribution is -2.15. The van der Waals surface area contributed by atoms with Gasteiger partial charge in [-0.15, -0.1) is 0 Å². The molecule has 0 saturated carbocycles. The smallest absolute Gasteiger partial charge is 0.416 e. The first kappa shape index (κ1) is 20.0. The Kier molecular flexibility index (Phi) is 5.28. The maximum absolute atomic E-state index is 12.6. The van der Waals surface area contributed by atoms with Crippen molar-refractivity contribution in [3.8, 4) is 17.9 Å². The number of esters is 1. The van der Waals surface area contributed by atoms with Crippen LogP contribution >= 0.6 is 0 Å². The van der Waals surface area contributed by atoms with Crippen molar-refractivity contribution in [2.24, 2.45) is 0 Å². The Morgan fingerprint density at radius 1 is 0.926 bits per heavy atom. The predicted molar refractivity (Wildman–Crippen MR) is 91.0 cm³/mol. The van der Waals surface area contributed by atoms with Gasteiger partial charge in [0.05, 0.1) is 22.3 Å². The monoisotopic (exact) mass is 372 g/mol. The molecule has 0 atom stereocenters. The summed E-state index contributed by atoms with van der Waals surface area (Å²) in [6.07, 6.45) is -4.52. The van der Waals surface area contributed by atoms with Crippen molar-refractivity contribution in [3.05, 3.63) is 64.2 Å². The van der Waals surface area contributed by atoms with Gasteiger partial charge in [0.2, 0.25) is 0 Å². The minimum absolute atomic E-state index is 0.000707. The zero-order chi connectivity index (χ0) is 20.4. The van der Waals surface area contributed by atoms with Crippen LogP contribution in [0.4, 0.5) is 13.2 Å². The maximum atomic E-state index is 12.6. The Bertz CT molecular complexity index is 922. The van der Waals surface area contributed by atoms with Crippen LogP contribution in [0, 0.1) is 22.7 Å². The molecule has 2 aromatic carbocycles. The molecule has 0 radical (unpaired) electrons. The highest BCUT2D eigenvalue weighted by Gasteiger charge is 2.30. The summed E-state index contributed by atoms with van der Waals surface area (Å²) in [5.74, 6) is -1.17. The van der Waals surface area contributed by atoms with Crippen molar-refractivity contribution in [2.45, 2.75) is 32.4 Å². The number of nitrogens with zero attached hydrogens (tertiary/aromatic N) is 2. The van der Waals surface area contributed by atoms with Gasteiger partial charge in [-0.25, -0.2) is 4.79 Å². The molecule has 0 aliphatic heterocycles. The lowest BCUT2D eigenvalue weighted by molar-refractivity contribution is -0.137. The summed E-state index contributed by atoms with van der Waals surface area (Å²) in [6.45, 7) is 5.70. The fraction of sp³-hybridized carbons (Fsp3) is 0.250. The normalized spacial score (nSPS) is 11.4. The van der Waals surface area contributed by atoms with Gasteiger partial charge in [-0.3, -0.25) is 0 Å². The molecule has 0 N–H and O–H groups in total. The van der Waals surface area contributed by atoms with E-state index in [0.717, 1.165) is 24.3 Å². The summed E-state index contributed by atoms with van der Waals surface area (Å²) in [5, 5.41) is 18.7. The van der Waals surface area contributed by atoms with Crippen LogP contribution in [0.25, 0.3) is 0 Å². The number of hydrogen-bond acceptors (Lipinski definition) is 4. The average Bonchev–Trinajstić information content (AvgIpc) is 2.60. The number of nitriles is 2. The molecule has 4 nitrogen and oxygen atoms in total. The van der Waals surface area contributed by atoms with Gasteiger partial charge in [0, 0.05) is 0 Å². The zero-order valence-corrected chi connectivity index (χ0v) is 14.8. The molecule has 0 bridgehead atoms. The van der Waals surface area contributed by atoms with E-state index in [4.69, 9.17) is 4.74 Å². The van der Waals surface area contributed by atoms with E-state index in [0.29, 0.717) is 5.56 Å². The topological polar surface area (TPSA) is 73.9 Å². The van der Waals surface area contributed by atoms with Crippen molar-refractivity contribution in [1.29, 1.82) is 10.5 Å². The number of carbonyl (C=O) groups excluding carboxylic acids is 1. The molecular formula is C20H15F3N2O2. The lowest BCUT2D eigenvalue weighted by atomic mass is 9.85. The Balaban J connectivity index is 2.41. The molecule has 2 aromatic rings. The highest BCUT2D eigenvalue weighted by molar-refractivity contribution is 5.91. The third-order valence-electron chi connectivity index (χ3n) is 3.84. The van der Waals surface area contributed by atoms with E-state index in [2.05, 4.69) is 0 Å². The largest absolute Gasteiger partial charge is 0.420 e. The highest BCUT2D eigenvalue weighted by Crippen LogP contribution is 2.32. The van der Waals surface area contributed by atoms with Crippen LogP contribution in [-0.4, -0.2) is 5.97 Å². The van der Waals surface area contributed by atoms with E-state index in [1.165, 1.54) is 12.1 Å². The van der Waals surface area contributed by atoms with E-state index in [-0.39, 0.29) is 27.9 Å². The summed E-state index contributed by atoms with van der Waals surface area (Å²) in [4.78, 5) is 12.3. The number of ether oxygens (including phenoxy) is 1. The first-order valence-corrected chi connectivity index (χ1v) is 7.85. The van der Waals surface area contributed by atoms with Gasteiger partial charge in [-0.2, -0.15) is 23.7 Å². The third-order valence-corrected chi connectivity index (χ3v) is 3.84. The standard InChI is InChI=1S/C20H15F3N2O2/c1-19(2,3)16-8-13(10-24)17(14(9-16)11-25)27-18(26)12-4-6-15(7-5-12)20(21,22)23/h4-9H,1-3H3. The van der Waals surface area contributed by atoms with Crippen LogP contribution in [-0.2, 0) is 11.6 Å². The second-order valence-electron chi connectivity index (χ2n) is 6.84. The second-order valence-corrected chi connectivity index (χ2v) is 6.84. The van der Waals surface area contributed by atoms with Crippen molar-refractivity contribution < 1.29 is 22.7 Å². The zero-order valence-electron chi connectivity index (χ0n) is 14.8. The first-order valence-electron chi connectivity index (χ1n) is 7.85. The maximum Gasteiger partial charge on any atom is 0.416 e. The fourth-order valence-electron chi connectivity index (χ4n) is 2.28. The van der Waals surface area contributed by atoms with Crippen LogP contribution in [0.5, 0.6) is 5.75 Å². The van der Waals surface area contributed by atoms with Crippen LogP contribution in [0.3, 0.4) is 0 Å². The molecular weight excluding hydrogens is 357 g/mol. The van der Waals surface area contributed by atoms with Crippen molar-refractivity contribution in [2.75, 3.05) is 0 Å². The molecule has 0 spiro atoms. The first-order chi connectivity index (χ1) is 12.5. The second kappa shape index (κ2) is 7.13. The van der Waals surface area contributed by atoms with E-state index < -0.39 is 17.7 Å². The van der Waals surface area contributed by atoms with Crippen molar-refractivity contribution in [3.63, 3.8) is 0 Å². The van der Waals surface area contributed by atoms with Crippen LogP contribution in [0.15, 0.2) is 36.4 Å². The van der Waals surface area contributed by atoms with Crippen LogP contribution in [0.1, 0.15) is 53.4 Å².